The third kappa shape index (κ3) is 4.31. The van der Waals surface area contributed by atoms with E-state index in [0.717, 1.165) is 23.5 Å². The second-order valence-electron chi connectivity index (χ2n) is 6.42. The minimum atomic E-state index is -0.0960. The Balaban J connectivity index is 0.00000200. The molecule has 1 aromatic rings. The summed E-state index contributed by atoms with van der Waals surface area (Å²) in [6.45, 7) is 9.81. The van der Waals surface area contributed by atoms with E-state index in [1.54, 1.807) is 5.51 Å². The molecule has 0 saturated carbocycles. The van der Waals surface area contributed by atoms with Crippen LogP contribution in [0.2, 0.25) is 0 Å². The number of likely N-dealkylation sites (tertiary alicyclic amines) is 1. The minimum absolute atomic E-state index is 0. The van der Waals surface area contributed by atoms with Gasteiger partial charge in [0, 0.05) is 18.0 Å². The van der Waals surface area contributed by atoms with Crippen LogP contribution in [0.15, 0.2) is 5.51 Å². The zero-order valence-corrected chi connectivity index (χ0v) is 15.4. The van der Waals surface area contributed by atoms with Gasteiger partial charge in [0.1, 0.15) is 4.88 Å². The first-order chi connectivity index (χ1) is 8.84. The first-order valence-corrected chi connectivity index (χ1v) is 7.67. The Bertz CT molecular complexity index is 473. The second-order valence-corrected chi connectivity index (χ2v) is 7.28. The van der Waals surface area contributed by atoms with Gasteiger partial charge in [-0.3, -0.25) is 4.79 Å². The number of halogens is 2. The number of amides is 1. The average Bonchev–Trinajstić information content (AvgIpc) is 2.93. The quantitative estimate of drug-likeness (QED) is 0.888. The fourth-order valence-electron chi connectivity index (χ4n) is 2.66. The van der Waals surface area contributed by atoms with E-state index in [4.69, 9.17) is 5.73 Å². The molecule has 0 aromatic carbocycles. The van der Waals surface area contributed by atoms with Crippen molar-refractivity contribution in [2.24, 2.45) is 11.7 Å². The summed E-state index contributed by atoms with van der Waals surface area (Å²) in [5.74, 6) is 0.556. The summed E-state index contributed by atoms with van der Waals surface area (Å²) in [6, 6.07) is 0.274. The standard InChI is InChI=1S/C14H23N3OS.2ClH/c1-9-5-10(6-15)7-17(9)13(18)11-12(14(2,3)4)16-8-19-11;;/h8-10H,5-7,15H2,1-4H3;2*1H. The lowest BCUT2D eigenvalue weighted by atomic mass is 9.91. The molecule has 2 atom stereocenters. The van der Waals surface area contributed by atoms with Gasteiger partial charge < -0.3 is 10.6 Å². The number of nitrogens with two attached hydrogens (primary N) is 1. The number of carbonyl (C=O) groups is 1. The molecule has 1 aromatic heterocycles. The van der Waals surface area contributed by atoms with Crippen LogP contribution in [-0.2, 0) is 5.41 Å². The Labute approximate surface area is 143 Å². The van der Waals surface area contributed by atoms with E-state index in [9.17, 15) is 4.79 Å². The molecule has 7 heteroatoms. The molecule has 122 valence electrons. The van der Waals surface area contributed by atoms with E-state index < -0.39 is 0 Å². The maximum absolute atomic E-state index is 12.7. The topological polar surface area (TPSA) is 59.2 Å². The summed E-state index contributed by atoms with van der Waals surface area (Å²) in [5.41, 5.74) is 8.31. The van der Waals surface area contributed by atoms with Crippen molar-refractivity contribution in [3.63, 3.8) is 0 Å². The third-order valence-electron chi connectivity index (χ3n) is 3.73. The molecule has 0 bridgehead atoms. The van der Waals surface area contributed by atoms with Crippen molar-refractivity contribution in [2.75, 3.05) is 13.1 Å². The lowest BCUT2D eigenvalue weighted by Crippen LogP contribution is -2.35. The SMILES string of the molecule is CC1CC(CN)CN1C(=O)c1scnc1C(C)(C)C.Cl.Cl. The lowest BCUT2D eigenvalue weighted by molar-refractivity contribution is 0.0745. The molecule has 1 fully saturated rings. The fraction of sp³-hybridized carbons (Fsp3) is 0.714. The Hall–Kier alpha value is -0.360. The van der Waals surface area contributed by atoms with Crippen molar-refractivity contribution in [2.45, 2.75) is 45.6 Å². The van der Waals surface area contributed by atoms with E-state index in [0.29, 0.717) is 12.5 Å². The molecule has 1 aliphatic heterocycles. The monoisotopic (exact) mass is 353 g/mol. The van der Waals surface area contributed by atoms with Crippen molar-refractivity contribution in [3.8, 4) is 0 Å². The molecule has 4 nitrogen and oxygen atoms in total. The Morgan fingerprint density at radius 2 is 2.10 bits per heavy atom. The van der Waals surface area contributed by atoms with Crippen molar-refractivity contribution in [1.82, 2.24) is 9.88 Å². The van der Waals surface area contributed by atoms with Crippen molar-refractivity contribution < 1.29 is 4.79 Å². The number of carbonyl (C=O) groups excluding carboxylic acids is 1. The van der Waals surface area contributed by atoms with Gasteiger partial charge >= 0.3 is 0 Å². The lowest BCUT2D eigenvalue weighted by Gasteiger charge is -2.23. The summed E-state index contributed by atoms with van der Waals surface area (Å²) >= 11 is 1.45. The number of hydrogen-bond acceptors (Lipinski definition) is 4. The minimum Gasteiger partial charge on any atom is -0.335 e. The van der Waals surface area contributed by atoms with Gasteiger partial charge in [0.25, 0.3) is 5.91 Å². The zero-order valence-electron chi connectivity index (χ0n) is 13.0. The van der Waals surface area contributed by atoms with Crippen molar-refractivity contribution in [3.05, 3.63) is 16.1 Å². The number of aromatic nitrogens is 1. The average molecular weight is 354 g/mol. The first-order valence-electron chi connectivity index (χ1n) is 6.79. The van der Waals surface area contributed by atoms with Crippen LogP contribution in [-0.4, -0.2) is 34.9 Å². The zero-order chi connectivity index (χ0) is 14.2. The molecule has 1 aliphatic rings. The summed E-state index contributed by atoms with van der Waals surface area (Å²) in [4.78, 5) is 19.8. The van der Waals surface area contributed by atoms with Crippen LogP contribution < -0.4 is 5.73 Å². The normalized spacial score (nSPS) is 21.7. The molecule has 21 heavy (non-hydrogen) atoms. The predicted molar refractivity (Wildman–Crippen MR) is 93.0 cm³/mol. The van der Waals surface area contributed by atoms with E-state index in [2.05, 4.69) is 32.7 Å². The van der Waals surface area contributed by atoms with Crippen molar-refractivity contribution in [1.29, 1.82) is 0 Å². The highest BCUT2D eigenvalue weighted by atomic mass is 35.5. The van der Waals surface area contributed by atoms with Gasteiger partial charge in [0.2, 0.25) is 0 Å². The van der Waals surface area contributed by atoms with Crippen molar-refractivity contribution >= 4 is 42.1 Å². The maximum Gasteiger partial charge on any atom is 0.266 e. The molecule has 0 aliphatic carbocycles. The van der Waals surface area contributed by atoms with Gasteiger partial charge in [-0.2, -0.15) is 0 Å². The molecular formula is C14H25Cl2N3OS. The van der Waals surface area contributed by atoms with Crippen LogP contribution in [0, 0.1) is 5.92 Å². The van der Waals surface area contributed by atoms with Crippen LogP contribution in [0.1, 0.15) is 49.5 Å². The molecule has 1 amide bonds. The number of nitrogens with zero attached hydrogens (tertiary/aromatic N) is 2. The molecule has 0 radical (unpaired) electrons. The van der Waals surface area contributed by atoms with E-state index in [1.165, 1.54) is 11.3 Å². The van der Waals surface area contributed by atoms with E-state index in [-0.39, 0.29) is 42.2 Å². The van der Waals surface area contributed by atoms with Crippen LogP contribution in [0.4, 0.5) is 0 Å². The van der Waals surface area contributed by atoms with Gasteiger partial charge in [0.05, 0.1) is 11.2 Å². The maximum atomic E-state index is 12.7. The highest BCUT2D eigenvalue weighted by Crippen LogP contribution is 2.31. The predicted octanol–water partition coefficient (Wildman–Crippen LogP) is 3.09. The highest BCUT2D eigenvalue weighted by Gasteiger charge is 2.35. The molecule has 1 saturated heterocycles. The van der Waals surface area contributed by atoms with Gasteiger partial charge in [0.15, 0.2) is 0 Å². The number of rotatable bonds is 2. The van der Waals surface area contributed by atoms with Crippen LogP contribution >= 0.6 is 36.2 Å². The van der Waals surface area contributed by atoms with E-state index >= 15 is 0 Å². The summed E-state index contributed by atoms with van der Waals surface area (Å²) < 4.78 is 0. The molecule has 2 rings (SSSR count). The van der Waals surface area contributed by atoms with Gasteiger partial charge in [-0.1, -0.05) is 20.8 Å². The van der Waals surface area contributed by atoms with Gasteiger partial charge in [-0.05, 0) is 25.8 Å². The molecule has 2 unspecified atom stereocenters. The largest absolute Gasteiger partial charge is 0.335 e. The van der Waals surface area contributed by atoms with Gasteiger partial charge in [-0.15, -0.1) is 36.2 Å². The highest BCUT2D eigenvalue weighted by molar-refractivity contribution is 7.11. The molecule has 2 heterocycles. The van der Waals surface area contributed by atoms with E-state index in [1.807, 2.05) is 4.90 Å². The van der Waals surface area contributed by atoms with Gasteiger partial charge in [-0.25, -0.2) is 4.98 Å². The first kappa shape index (κ1) is 20.6. The summed E-state index contributed by atoms with van der Waals surface area (Å²) in [6.07, 6.45) is 1.01. The fourth-order valence-corrected chi connectivity index (χ4v) is 3.61. The Morgan fingerprint density at radius 3 is 2.57 bits per heavy atom. The summed E-state index contributed by atoms with van der Waals surface area (Å²) in [7, 11) is 0. The number of hydrogen-bond donors (Lipinski definition) is 1. The third-order valence-corrected chi connectivity index (χ3v) is 4.54. The molecular weight excluding hydrogens is 329 g/mol. The second kappa shape index (κ2) is 7.77. The van der Waals surface area contributed by atoms with Crippen LogP contribution in [0.5, 0.6) is 0 Å². The number of thiazole rings is 1. The molecule has 0 spiro atoms. The smallest absolute Gasteiger partial charge is 0.266 e. The Morgan fingerprint density at radius 1 is 1.48 bits per heavy atom. The Kier molecular flexibility index (Phi) is 7.63. The van der Waals surface area contributed by atoms with Crippen LogP contribution in [0.3, 0.4) is 0 Å². The van der Waals surface area contributed by atoms with Crippen LogP contribution in [0.25, 0.3) is 0 Å². The molecule has 2 N–H and O–H groups in total. The summed E-state index contributed by atoms with van der Waals surface area (Å²) in [5, 5.41) is 0.